The summed E-state index contributed by atoms with van der Waals surface area (Å²) in [6.45, 7) is 0. The zero-order valence-corrected chi connectivity index (χ0v) is 9.55. The van der Waals surface area contributed by atoms with Gasteiger partial charge in [0.2, 0.25) is 0 Å². The molecular formula is C9H10Cl2N2O2. The highest BCUT2D eigenvalue weighted by atomic mass is 35.5. The number of aromatic nitrogens is 1. The van der Waals surface area contributed by atoms with Crippen LogP contribution in [0.4, 0.5) is 0 Å². The van der Waals surface area contributed by atoms with Gasteiger partial charge in [-0.05, 0) is 6.07 Å². The summed E-state index contributed by atoms with van der Waals surface area (Å²) in [5.74, 6) is -0.395. The number of ether oxygens (including phenoxy) is 1. The first kappa shape index (κ1) is 12.2. The molecule has 6 heteroatoms. The van der Waals surface area contributed by atoms with Gasteiger partial charge in [-0.1, -0.05) is 29.3 Å². The van der Waals surface area contributed by atoms with Crippen LogP contribution in [0.1, 0.15) is 18.0 Å². The van der Waals surface area contributed by atoms with Crippen LogP contribution < -0.4 is 5.73 Å². The lowest BCUT2D eigenvalue weighted by Crippen LogP contribution is -2.17. The Morgan fingerprint density at radius 3 is 2.80 bits per heavy atom. The third-order valence-electron chi connectivity index (χ3n) is 1.86. The van der Waals surface area contributed by atoms with E-state index in [-0.39, 0.29) is 16.7 Å². The maximum Gasteiger partial charge on any atom is 0.307 e. The van der Waals surface area contributed by atoms with Crippen molar-refractivity contribution in [1.82, 2.24) is 4.98 Å². The van der Waals surface area contributed by atoms with Crippen LogP contribution in [-0.2, 0) is 9.53 Å². The smallest absolute Gasteiger partial charge is 0.307 e. The average Bonchev–Trinajstić information content (AvgIpc) is 2.17. The van der Waals surface area contributed by atoms with Gasteiger partial charge in [0.25, 0.3) is 0 Å². The highest BCUT2D eigenvalue weighted by Gasteiger charge is 2.15. The molecule has 0 aliphatic rings. The fraction of sp³-hybridized carbons (Fsp3) is 0.333. The van der Waals surface area contributed by atoms with E-state index in [9.17, 15) is 4.79 Å². The minimum absolute atomic E-state index is 0.0551. The number of carbonyl (C=O) groups is 1. The van der Waals surface area contributed by atoms with E-state index in [2.05, 4.69) is 9.72 Å². The van der Waals surface area contributed by atoms with Crippen LogP contribution >= 0.6 is 23.2 Å². The van der Waals surface area contributed by atoms with E-state index in [4.69, 9.17) is 28.9 Å². The van der Waals surface area contributed by atoms with Gasteiger partial charge >= 0.3 is 5.97 Å². The van der Waals surface area contributed by atoms with Crippen molar-refractivity contribution in [3.63, 3.8) is 0 Å². The maximum absolute atomic E-state index is 11.0. The second-order valence-corrected chi connectivity index (χ2v) is 3.65. The Kier molecular flexibility index (Phi) is 4.32. The monoisotopic (exact) mass is 248 g/mol. The van der Waals surface area contributed by atoms with Gasteiger partial charge in [-0.3, -0.25) is 4.79 Å². The summed E-state index contributed by atoms with van der Waals surface area (Å²) in [7, 11) is 1.30. The van der Waals surface area contributed by atoms with Crippen molar-refractivity contribution in [3.05, 3.63) is 28.0 Å². The highest BCUT2D eigenvalue weighted by molar-refractivity contribution is 6.32. The first-order valence-corrected chi connectivity index (χ1v) is 4.94. The van der Waals surface area contributed by atoms with Gasteiger partial charge in [0.1, 0.15) is 10.3 Å². The van der Waals surface area contributed by atoms with E-state index in [1.807, 2.05) is 0 Å². The Bertz CT molecular complexity index is 371. The second kappa shape index (κ2) is 5.30. The van der Waals surface area contributed by atoms with Gasteiger partial charge in [0.15, 0.2) is 0 Å². The molecule has 0 radical (unpaired) electrons. The number of esters is 1. The third-order valence-corrected chi connectivity index (χ3v) is 2.37. The molecule has 0 bridgehead atoms. The molecule has 1 heterocycles. The number of hydrogen-bond donors (Lipinski definition) is 1. The maximum atomic E-state index is 11.0. The molecule has 0 aliphatic carbocycles. The van der Waals surface area contributed by atoms with Gasteiger partial charge < -0.3 is 10.5 Å². The van der Waals surface area contributed by atoms with Crippen LogP contribution in [0.15, 0.2) is 12.1 Å². The first-order valence-electron chi connectivity index (χ1n) is 4.19. The molecule has 1 aromatic rings. The molecule has 15 heavy (non-hydrogen) atoms. The molecule has 0 spiro atoms. The standard InChI is InChI=1S/C9H10Cl2N2O2/c1-15-8(14)4-6(12)5-2-3-7(10)13-9(5)11/h2-3,6H,4,12H2,1H3/t6-/m0/s1. The number of rotatable bonds is 3. The number of nitrogens with two attached hydrogens (primary N) is 1. The molecule has 1 atom stereocenters. The topological polar surface area (TPSA) is 65.2 Å². The summed E-state index contributed by atoms with van der Waals surface area (Å²) in [4.78, 5) is 14.8. The average molecular weight is 249 g/mol. The van der Waals surface area contributed by atoms with Crippen molar-refractivity contribution in [2.45, 2.75) is 12.5 Å². The van der Waals surface area contributed by atoms with E-state index < -0.39 is 12.0 Å². The Hall–Kier alpha value is -0.840. The predicted molar refractivity (Wildman–Crippen MR) is 57.8 cm³/mol. The lowest BCUT2D eigenvalue weighted by atomic mass is 10.1. The quantitative estimate of drug-likeness (QED) is 0.656. The minimum atomic E-state index is -0.533. The van der Waals surface area contributed by atoms with Crippen LogP contribution in [0.3, 0.4) is 0 Å². The Labute approximate surface area is 97.3 Å². The summed E-state index contributed by atoms with van der Waals surface area (Å²) >= 11 is 11.5. The van der Waals surface area contributed by atoms with Crippen molar-refractivity contribution < 1.29 is 9.53 Å². The van der Waals surface area contributed by atoms with Crippen LogP contribution in [0, 0.1) is 0 Å². The number of hydrogen-bond acceptors (Lipinski definition) is 4. The number of nitrogens with zero attached hydrogens (tertiary/aromatic N) is 1. The molecule has 1 aromatic heterocycles. The number of carbonyl (C=O) groups excluding carboxylic acids is 1. The molecule has 0 saturated carbocycles. The summed E-state index contributed by atoms with van der Waals surface area (Å²) < 4.78 is 4.50. The third kappa shape index (κ3) is 3.34. The molecule has 4 nitrogen and oxygen atoms in total. The molecule has 0 aromatic carbocycles. The highest BCUT2D eigenvalue weighted by Crippen LogP contribution is 2.23. The number of methoxy groups -OCH3 is 1. The van der Waals surface area contributed by atoms with Crippen LogP contribution in [0.2, 0.25) is 10.3 Å². The second-order valence-electron chi connectivity index (χ2n) is 2.90. The Balaban J connectivity index is 2.82. The summed E-state index contributed by atoms with van der Waals surface area (Å²) in [5, 5.41) is 0.493. The number of pyridine rings is 1. The molecular weight excluding hydrogens is 239 g/mol. The van der Waals surface area contributed by atoms with Crippen molar-refractivity contribution in [1.29, 1.82) is 0 Å². The zero-order chi connectivity index (χ0) is 11.4. The van der Waals surface area contributed by atoms with Crippen LogP contribution in [0.25, 0.3) is 0 Å². The summed E-state index contributed by atoms with van der Waals surface area (Å²) in [6.07, 6.45) is 0.0551. The lowest BCUT2D eigenvalue weighted by Gasteiger charge is -2.11. The Morgan fingerprint density at radius 1 is 1.60 bits per heavy atom. The van der Waals surface area contributed by atoms with Gasteiger partial charge in [-0.25, -0.2) is 4.98 Å². The van der Waals surface area contributed by atoms with E-state index in [0.29, 0.717) is 5.56 Å². The molecule has 82 valence electrons. The lowest BCUT2D eigenvalue weighted by molar-refractivity contribution is -0.141. The molecule has 0 unspecified atom stereocenters. The normalized spacial score (nSPS) is 12.3. The minimum Gasteiger partial charge on any atom is -0.469 e. The fourth-order valence-corrected chi connectivity index (χ4v) is 1.56. The fourth-order valence-electron chi connectivity index (χ4n) is 1.07. The molecule has 0 aliphatic heterocycles. The van der Waals surface area contributed by atoms with Gasteiger partial charge in [-0.2, -0.15) is 0 Å². The SMILES string of the molecule is COC(=O)C[C@H](N)c1ccc(Cl)nc1Cl. The molecule has 0 saturated heterocycles. The van der Waals surface area contributed by atoms with E-state index >= 15 is 0 Å². The van der Waals surface area contributed by atoms with Crippen molar-refractivity contribution in [3.8, 4) is 0 Å². The first-order chi connectivity index (χ1) is 7.04. The van der Waals surface area contributed by atoms with Crippen molar-refractivity contribution in [2.24, 2.45) is 5.73 Å². The van der Waals surface area contributed by atoms with Crippen LogP contribution in [-0.4, -0.2) is 18.1 Å². The van der Waals surface area contributed by atoms with Gasteiger partial charge in [-0.15, -0.1) is 0 Å². The van der Waals surface area contributed by atoms with E-state index in [0.717, 1.165) is 0 Å². The molecule has 0 amide bonds. The summed E-state index contributed by atoms with van der Waals surface area (Å²) in [5.41, 5.74) is 6.33. The molecule has 2 N–H and O–H groups in total. The zero-order valence-electron chi connectivity index (χ0n) is 8.04. The van der Waals surface area contributed by atoms with Gasteiger partial charge in [0, 0.05) is 11.6 Å². The largest absolute Gasteiger partial charge is 0.469 e. The van der Waals surface area contributed by atoms with Crippen LogP contribution in [0.5, 0.6) is 0 Å². The predicted octanol–water partition coefficient (Wildman–Crippen LogP) is 1.95. The summed E-state index contributed by atoms with van der Waals surface area (Å²) in [6, 6.07) is 2.68. The van der Waals surface area contributed by atoms with E-state index in [1.54, 1.807) is 12.1 Å². The van der Waals surface area contributed by atoms with Gasteiger partial charge in [0.05, 0.1) is 13.5 Å². The molecule has 1 rings (SSSR count). The van der Waals surface area contributed by atoms with Crippen molar-refractivity contribution >= 4 is 29.2 Å². The Morgan fingerprint density at radius 2 is 2.27 bits per heavy atom. The van der Waals surface area contributed by atoms with Crippen molar-refractivity contribution in [2.75, 3.05) is 7.11 Å². The van der Waals surface area contributed by atoms with E-state index in [1.165, 1.54) is 7.11 Å². The number of halogens is 2. The molecule has 0 fully saturated rings.